The highest BCUT2D eigenvalue weighted by molar-refractivity contribution is 5.89. The molecule has 5 heteroatoms. The van der Waals surface area contributed by atoms with Gasteiger partial charge in [0.2, 0.25) is 5.91 Å². The summed E-state index contributed by atoms with van der Waals surface area (Å²) in [7, 11) is 0. The van der Waals surface area contributed by atoms with Crippen LogP contribution in [0.3, 0.4) is 0 Å². The van der Waals surface area contributed by atoms with E-state index in [-0.39, 0.29) is 17.7 Å². The van der Waals surface area contributed by atoms with Gasteiger partial charge in [-0.25, -0.2) is 0 Å². The van der Waals surface area contributed by atoms with Crippen LogP contribution in [0.5, 0.6) is 0 Å². The predicted octanol–water partition coefficient (Wildman–Crippen LogP) is 0.715. The Morgan fingerprint density at radius 2 is 2.19 bits per heavy atom. The monoisotopic (exact) mass is 224 g/mol. The smallest absolute Gasteiger partial charge is 0.307 e. The lowest BCUT2D eigenvalue weighted by atomic mass is 10.2. The van der Waals surface area contributed by atoms with Gasteiger partial charge in [-0.1, -0.05) is 0 Å². The second-order valence-electron chi connectivity index (χ2n) is 4.19. The van der Waals surface area contributed by atoms with Crippen LogP contribution in [-0.2, 0) is 9.59 Å². The van der Waals surface area contributed by atoms with Gasteiger partial charge in [0.05, 0.1) is 23.8 Å². The molecule has 0 aliphatic heterocycles. The molecular weight excluding hydrogens is 208 g/mol. The number of carboxylic acids is 1. The Morgan fingerprint density at radius 1 is 1.56 bits per heavy atom. The number of carboxylic acid groups (broad SMARTS) is 1. The van der Waals surface area contributed by atoms with E-state index in [2.05, 4.69) is 6.07 Å². The molecule has 16 heavy (non-hydrogen) atoms. The minimum atomic E-state index is -0.900. The van der Waals surface area contributed by atoms with Crippen LogP contribution in [0, 0.1) is 29.1 Å². The van der Waals surface area contributed by atoms with E-state index in [0.29, 0.717) is 19.5 Å². The molecule has 1 saturated carbocycles. The maximum atomic E-state index is 11.9. The molecule has 5 nitrogen and oxygen atoms in total. The lowest BCUT2D eigenvalue weighted by molar-refractivity contribution is -0.142. The molecule has 0 aromatic rings. The van der Waals surface area contributed by atoms with Crippen LogP contribution in [0.1, 0.15) is 20.3 Å². The summed E-state index contributed by atoms with van der Waals surface area (Å²) in [6.07, 6.45) is 0.436. The number of amides is 1. The van der Waals surface area contributed by atoms with Gasteiger partial charge in [0.25, 0.3) is 0 Å². The maximum absolute atomic E-state index is 11.9. The second-order valence-corrected chi connectivity index (χ2v) is 4.19. The van der Waals surface area contributed by atoms with E-state index in [0.717, 1.165) is 0 Å². The fourth-order valence-electron chi connectivity index (χ4n) is 1.72. The number of rotatable bonds is 5. The van der Waals surface area contributed by atoms with Crippen LogP contribution >= 0.6 is 0 Å². The number of hydrogen-bond acceptors (Lipinski definition) is 3. The number of carbonyl (C=O) groups excluding carboxylic acids is 1. The molecule has 1 unspecified atom stereocenters. The Kier molecular flexibility index (Phi) is 3.88. The van der Waals surface area contributed by atoms with E-state index in [1.165, 1.54) is 0 Å². The van der Waals surface area contributed by atoms with Gasteiger partial charge in [-0.3, -0.25) is 9.59 Å². The molecule has 0 spiro atoms. The largest absolute Gasteiger partial charge is 0.481 e. The molecule has 0 saturated heterocycles. The molecule has 3 atom stereocenters. The molecule has 0 aromatic heterocycles. The van der Waals surface area contributed by atoms with E-state index >= 15 is 0 Å². The minimum Gasteiger partial charge on any atom is -0.481 e. The van der Waals surface area contributed by atoms with Crippen LogP contribution in [0.15, 0.2) is 0 Å². The topological polar surface area (TPSA) is 81.4 Å². The lowest BCUT2D eigenvalue weighted by Crippen LogP contribution is -2.36. The highest BCUT2D eigenvalue weighted by atomic mass is 16.4. The highest BCUT2D eigenvalue weighted by Crippen LogP contribution is 2.40. The van der Waals surface area contributed by atoms with Gasteiger partial charge in [0, 0.05) is 13.1 Å². The zero-order valence-electron chi connectivity index (χ0n) is 9.51. The second kappa shape index (κ2) is 4.97. The van der Waals surface area contributed by atoms with Crippen molar-refractivity contribution in [3.05, 3.63) is 0 Å². The van der Waals surface area contributed by atoms with Gasteiger partial charge in [0.15, 0.2) is 0 Å². The fourth-order valence-corrected chi connectivity index (χ4v) is 1.72. The van der Waals surface area contributed by atoms with Crippen molar-refractivity contribution in [2.24, 2.45) is 17.8 Å². The Bertz CT molecular complexity index is 335. The lowest BCUT2D eigenvalue weighted by Gasteiger charge is -2.21. The molecule has 1 N–H and O–H groups in total. The van der Waals surface area contributed by atoms with E-state index in [1.54, 1.807) is 11.8 Å². The average Bonchev–Trinajstić information content (AvgIpc) is 3.04. The third-order valence-corrected chi connectivity index (χ3v) is 2.83. The summed E-state index contributed by atoms with van der Waals surface area (Å²) in [6, 6.07) is 2.07. The minimum absolute atomic E-state index is 0.128. The fraction of sp³-hybridized carbons (Fsp3) is 0.727. The molecule has 1 amide bonds. The van der Waals surface area contributed by atoms with Crippen LogP contribution in [0.25, 0.3) is 0 Å². The standard InChI is InChI=1S/C11H16N2O3/c1-3-13(6-7(2)5-12)10(14)8-4-9(8)11(15)16/h7-9H,3-4,6H2,1-2H3,(H,15,16)/t7?,8-,9+/m1/s1. The third-order valence-electron chi connectivity index (χ3n) is 2.83. The molecule has 0 aromatic carbocycles. The summed E-state index contributed by atoms with van der Waals surface area (Å²) in [5.41, 5.74) is 0. The number of aliphatic carboxylic acids is 1. The average molecular weight is 224 g/mol. The summed E-state index contributed by atoms with van der Waals surface area (Å²) < 4.78 is 0. The predicted molar refractivity (Wildman–Crippen MR) is 56.3 cm³/mol. The molecule has 0 heterocycles. The zero-order chi connectivity index (χ0) is 12.3. The van der Waals surface area contributed by atoms with Crippen molar-refractivity contribution in [2.75, 3.05) is 13.1 Å². The molecule has 0 radical (unpaired) electrons. The summed E-state index contributed by atoms with van der Waals surface area (Å²) in [5.74, 6) is -2.13. The molecular formula is C11H16N2O3. The molecule has 1 aliphatic rings. The Hall–Kier alpha value is -1.57. The quantitative estimate of drug-likeness (QED) is 0.745. The molecule has 0 bridgehead atoms. The van der Waals surface area contributed by atoms with Crippen molar-refractivity contribution in [2.45, 2.75) is 20.3 Å². The highest BCUT2D eigenvalue weighted by Gasteiger charge is 2.49. The summed E-state index contributed by atoms with van der Waals surface area (Å²) in [5, 5.41) is 17.4. The summed E-state index contributed by atoms with van der Waals surface area (Å²) >= 11 is 0. The summed E-state index contributed by atoms with van der Waals surface area (Å²) in [6.45, 7) is 4.49. The number of nitrogens with zero attached hydrogens (tertiary/aromatic N) is 2. The molecule has 1 fully saturated rings. The Labute approximate surface area is 94.7 Å². The Morgan fingerprint density at radius 3 is 2.56 bits per heavy atom. The molecule has 88 valence electrons. The van der Waals surface area contributed by atoms with E-state index in [4.69, 9.17) is 10.4 Å². The Balaban J connectivity index is 2.52. The van der Waals surface area contributed by atoms with E-state index in [1.807, 2.05) is 6.92 Å². The van der Waals surface area contributed by atoms with Crippen LogP contribution in [-0.4, -0.2) is 35.0 Å². The van der Waals surface area contributed by atoms with Gasteiger partial charge >= 0.3 is 5.97 Å². The number of carbonyl (C=O) groups is 2. The van der Waals surface area contributed by atoms with Crippen molar-refractivity contribution < 1.29 is 14.7 Å². The van der Waals surface area contributed by atoms with Crippen LogP contribution < -0.4 is 0 Å². The first-order valence-corrected chi connectivity index (χ1v) is 5.42. The molecule has 1 aliphatic carbocycles. The van der Waals surface area contributed by atoms with Gasteiger partial charge in [-0.2, -0.15) is 5.26 Å². The van der Waals surface area contributed by atoms with E-state index < -0.39 is 11.9 Å². The number of hydrogen-bond donors (Lipinski definition) is 1. The van der Waals surface area contributed by atoms with Crippen LogP contribution in [0.2, 0.25) is 0 Å². The van der Waals surface area contributed by atoms with Crippen molar-refractivity contribution in [3.8, 4) is 6.07 Å². The summed E-state index contributed by atoms with van der Waals surface area (Å²) in [4.78, 5) is 24.1. The maximum Gasteiger partial charge on any atom is 0.307 e. The van der Waals surface area contributed by atoms with Crippen LogP contribution in [0.4, 0.5) is 0 Å². The normalized spacial score (nSPS) is 24.3. The first-order valence-electron chi connectivity index (χ1n) is 5.42. The van der Waals surface area contributed by atoms with Crippen molar-refractivity contribution >= 4 is 11.9 Å². The van der Waals surface area contributed by atoms with Gasteiger partial charge in [0.1, 0.15) is 0 Å². The first kappa shape index (κ1) is 12.5. The first-order chi connectivity index (χ1) is 7.51. The van der Waals surface area contributed by atoms with E-state index in [9.17, 15) is 9.59 Å². The van der Waals surface area contributed by atoms with Gasteiger partial charge in [-0.15, -0.1) is 0 Å². The van der Waals surface area contributed by atoms with Gasteiger partial charge in [-0.05, 0) is 20.3 Å². The molecule has 1 rings (SSSR count). The van der Waals surface area contributed by atoms with Gasteiger partial charge < -0.3 is 10.0 Å². The number of nitriles is 1. The van der Waals surface area contributed by atoms with Crippen molar-refractivity contribution in [1.29, 1.82) is 5.26 Å². The third kappa shape index (κ3) is 2.72. The van der Waals surface area contributed by atoms with Crippen molar-refractivity contribution in [3.63, 3.8) is 0 Å². The SMILES string of the molecule is CCN(CC(C)C#N)C(=O)[C@@H]1C[C@@H]1C(=O)O. The zero-order valence-corrected chi connectivity index (χ0v) is 9.51. The van der Waals surface area contributed by atoms with Crippen molar-refractivity contribution in [1.82, 2.24) is 4.90 Å².